The Morgan fingerprint density at radius 2 is 1.91 bits per heavy atom. The van der Waals surface area contributed by atoms with Crippen molar-refractivity contribution in [1.82, 2.24) is 24.7 Å². The molecule has 0 amide bonds. The summed E-state index contributed by atoms with van der Waals surface area (Å²) >= 11 is 1.24. The lowest BCUT2D eigenvalue weighted by Gasteiger charge is -2.16. The molecule has 1 aliphatic carbocycles. The molecular weight excluding hydrogens is 583 g/mol. The Labute approximate surface area is 248 Å². The minimum Gasteiger partial charge on any atom is -0.478 e. The maximum atomic E-state index is 15.5. The molecule has 3 aromatic heterocycles. The number of alkyl halides is 1. The van der Waals surface area contributed by atoms with E-state index in [0.717, 1.165) is 12.1 Å². The van der Waals surface area contributed by atoms with Crippen LogP contribution < -0.4 is 9.47 Å². The van der Waals surface area contributed by atoms with E-state index in [9.17, 15) is 14.3 Å². The predicted molar refractivity (Wildman–Crippen MR) is 152 cm³/mol. The van der Waals surface area contributed by atoms with Gasteiger partial charge in [-0.1, -0.05) is 22.5 Å². The summed E-state index contributed by atoms with van der Waals surface area (Å²) in [7, 11) is 0. The summed E-state index contributed by atoms with van der Waals surface area (Å²) in [6.45, 7) is 2.12. The third-order valence-electron chi connectivity index (χ3n) is 7.35. The first-order valence-electron chi connectivity index (χ1n) is 13.6. The van der Waals surface area contributed by atoms with Crippen molar-refractivity contribution in [2.24, 2.45) is 5.41 Å². The monoisotopic (exact) mass is 609 g/mol. The summed E-state index contributed by atoms with van der Waals surface area (Å²) in [6, 6.07) is 11.4. The summed E-state index contributed by atoms with van der Waals surface area (Å²) in [5.74, 6) is -1.87. The quantitative estimate of drug-likeness (QED) is 0.177. The molecule has 43 heavy (non-hydrogen) atoms. The molecule has 6 rings (SSSR count). The lowest BCUT2D eigenvalue weighted by molar-refractivity contribution is 0.0697. The smallest absolute Gasteiger partial charge is 0.335 e. The Morgan fingerprint density at radius 3 is 2.65 bits per heavy atom. The van der Waals surface area contributed by atoms with Crippen LogP contribution in [-0.2, 0) is 19.6 Å². The van der Waals surface area contributed by atoms with Gasteiger partial charge in [-0.15, -0.1) is 5.10 Å². The Balaban J connectivity index is 1.26. The molecule has 0 aliphatic heterocycles. The highest BCUT2D eigenvalue weighted by molar-refractivity contribution is 7.13. The van der Waals surface area contributed by atoms with Gasteiger partial charge in [0.05, 0.1) is 35.6 Å². The maximum absolute atomic E-state index is 15.5. The topological polar surface area (TPSA) is 112 Å². The van der Waals surface area contributed by atoms with Crippen LogP contribution in [0.25, 0.3) is 22.3 Å². The largest absolute Gasteiger partial charge is 0.478 e. The second kappa shape index (κ2) is 11.6. The van der Waals surface area contributed by atoms with Crippen molar-refractivity contribution >= 4 is 28.3 Å². The average Bonchev–Trinajstić information content (AvgIpc) is 3.51. The van der Waals surface area contributed by atoms with E-state index in [4.69, 9.17) is 9.47 Å². The van der Waals surface area contributed by atoms with E-state index in [1.165, 1.54) is 23.5 Å². The molecule has 0 unspecified atom stereocenters. The number of hydrogen-bond acceptors (Lipinski definition) is 8. The molecule has 9 nitrogen and oxygen atoms in total. The lowest BCUT2D eigenvalue weighted by Crippen LogP contribution is -2.16. The van der Waals surface area contributed by atoms with Gasteiger partial charge in [-0.2, -0.15) is 0 Å². The number of benzene rings is 2. The number of ether oxygens (including phenoxy) is 2. The highest BCUT2D eigenvalue weighted by atomic mass is 32.1. The van der Waals surface area contributed by atoms with Crippen LogP contribution >= 0.6 is 11.3 Å². The molecule has 1 aliphatic rings. The van der Waals surface area contributed by atoms with Crippen molar-refractivity contribution in [3.05, 3.63) is 82.1 Å². The summed E-state index contributed by atoms with van der Waals surface area (Å²) in [4.78, 5) is 20.5. The van der Waals surface area contributed by atoms with Crippen LogP contribution in [0.2, 0.25) is 0 Å². The number of carbonyl (C=O) groups is 1. The molecule has 0 spiro atoms. The molecule has 3 heterocycles. The van der Waals surface area contributed by atoms with Gasteiger partial charge < -0.3 is 19.1 Å². The van der Waals surface area contributed by atoms with Crippen molar-refractivity contribution < 1.29 is 32.5 Å². The molecular formula is C30H26F3N5O4S. The van der Waals surface area contributed by atoms with E-state index in [1.54, 1.807) is 28.8 Å². The molecule has 2 aromatic carbocycles. The molecule has 13 heteroatoms. The minimum atomic E-state index is -1.11. The molecule has 0 atom stereocenters. The highest BCUT2D eigenvalue weighted by Crippen LogP contribution is 2.48. The molecule has 1 fully saturated rings. The second-order valence-electron chi connectivity index (χ2n) is 10.4. The first kappa shape index (κ1) is 28.6. The van der Waals surface area contributed by atoms with Gasteiger partial charge in [-0.3, -0.25) is 4.39 Å². The summed E-state index contributed by atoms with van der Waals surface area (Å²) < 4.78 is 57.5. The Morgan fingerprint density at radius 1 is 1.07 bits per heavy atom. The SMILES string of the molecule is CCOc1nnc(COc2cccc(-c3cc(F)c(Cc4nc5ccc(C(=O)O)cc5n4CC4(CF)CC4)cc3F)n2)s1. The van der Waals surface area contributed by atoms with Gasteiger partial charge in [0.25, 0.3) is 5.19 Å². The average molecular weight is 610 g/mol. The number of aromatic nitrogens is 5. The van der Waals surface area contributed by atoms with Gasteiger partial charge in [0, 0.05) is 30.0 Å². The third kappa shape index (κ3) is 6.03. The van der Waals surface area contributed by atoms with Crippen molar-refractivity contribution in [2.45, 2.75) is 39.3 Å². The van der Waals surface area contributed by atoms with Gasteiger partial charge in [0.1, 0.15) is 24.1 Å². The van der Waals surface area contributed by atoms with Gasteiger partial charge in [-0.05, 0) is 61.7 Å². The van der Waals surface area contributed by atoms with Gasteiger partial charge in [-0.25, -0.2) is 23.5 Å². The summed E-state index contributed by atoms with van der Waals surface area (Å²) in [5.41, 5.74) is 0.691. The second-order valence-corrected chi connectivity index (χ2v) is 11.4. The first-order valence-corrected chi connectivity index (χ1v) is 14.4. The fourth-order valence-corrected chi connectivity index (χ4v) is 5.47. The van der Waals surface area contributed by atoms with Crippen molar-refractivity contribution in [3.63, 3.8) is 0 Å². The van der Waals surface area contributed by atoms with E-state index in [2.05, 4.69) is 20.2 Å². The number of rotatable bonds is 12. The molecule has 0 bridgehead atoms. The van der Waals surface area contributed by atoms with Crippen LogP contribution in [0.4, 0.5) is 13.2 Å². The minimum absolute atomic E-state index is 0.0461. The van der Waals surface area contributed by atoms with Crippen LogP contribution in [0, 0.1) is 17.0 Å². The molecule has 0 radical (unpaired) electrons. The van der Waals surface area contributed by atoms with Crippen LogP contribution in [0.5, 0.6) is 11.1 Å². The van der Waals surface area contributed by atoms with Crippen molar-refractivity contribution in [2.75, 3.05) is 13.3 Å². The molecule has 1 saturated carbocycles. The van der Waals surface area contributed by atoms with E-state index in [1.807, 2.05) is 6.92 Å². The van der Waals surface area contributed by atoms with Crippen LogP contribution in [0.3, 0.4) is 0 Å². The van der Waals surface area contributed by atoms with Gasteiger partial charge in [0.2, 0.25) is 5.88 Å². The number of hydrogen-bond donors (Lipinski definition) is 1. The normalized spacial score (nSPS) is 13.8. The van der Waals surface area contributed by atoms with Crippen LogP contribution in [0.15, 0.2) is 48.5 Å². The fourth-order valence-electron chi connectivity index (χ4n) is 4.81. The lowest BCUT2D eigenvalue weighted by atomic mass is 10.0. The zero-order valence-electron chi connectivity index (χ0n) is 23.0. The molecule has 0 saturated heterocycles. The number of nitrogens with zero attached hydrogens (tertiary/aromatic N) is 5. The maximum Gasteiger partial charge on any atom is 0.335 e. The number of fused-ring (bicyclic) bond motifs is 1. The van der Waals surface area contributed by atoms with Gasteiger partial charge >= 0.3 is 5.97 Å². The summed E-state index contributed by atoms with van der Waals surface area (Å²) in [6.07, 6.45) is 1.29. The highest BCUT2D eigenvalue weighted by Gasteiger charge is 2.44. The molecule has 1 N–H and O–H groups in total. The number of imidazole rings is 1. The molecule has 5 aromatic rings. The van der Waals surface area contributed by atoms with Gasteiger partial charge in [0.15, 0.2) is 5.01 Å². The Kier molecular flexibility index (Phi) is 7.74. The van der Waals surface area contributed by atoms with E-state index in [0.29, 0.717) is 46.5 Å². The zero-order valence-corrected chi connectivity index (χ0v) is 23.8. The zero-order chi connectivity index (χ0) is 30.1. The van der Waals surface area contributed by atoms with Crippen molar-refractivity contribution in [3.8, 4) is 22.3 Å². The predicted octanol–water partition coefficient (Wildman–Crippen LogP) is 6.24. The van der Waals surface area contributed by atoms with E-state index < -0.39 is 29.7 Å². The molecule has 222 valence electrons. The van der Waals surface area contributed by atoms with Crippen molar-refractivity contribution in [1.29, 1.82) is 0 Å². The number of pyridine rings is 1. The van der Waals surface area contributed by atoms with E-state index in [-0.39, 0.29) is 47.8 Å². The standard InChI is InChI=1S/C30H26F3N5O4S/c1-2-41-29-37-36-27(43-29)14-42-26-5-3-4-22(35-26)19-13-20(32)18(10-21(19)33)12-25-34-23-7-6-17(28(39)40)11-24(23)38(25)16-30(15-31)8-9-30/h3-7,10-11,13H,2,8-9,12,14-16H2,1H3,(H,39,40). The fraction of sp³-hybridized carbons (Fsp3) is 0.300. The van der Waals surface area contributed by atoms with E-state index >= 15 is 8.78 Å². The first-order chi connectivity index (χ1) is 20.8. The van der Waals surface area contributed by atoms with Crippen LogP contribution in [-0.4, -0.2) is 49.1 Å². The van der Waals surface area contributed by atoms with Crippen LogP contribution in [0.1, 0.15) is 46.5 Å². The summed E-state index contributed by atoms with van der Waals surface area (Å²) in [5, 5.41) is 18.4. The third-order valence-corrected chi connectivity index (χ3v) is 8.16. The number of carboxylic acid groups (broad SMARTS) is 1. The number of aromatic carboxylic acids is 1. The number of halogens is 3. The Bertz CT molecular complexity index is 1820. The number of carboxylic acids is 1. The Hall–Kier alpha value is -4.52.